The van der Waals surface area contributed by atoms with E-state index in [9.17, 15) is 0 Å². The van der Waals surface area contributed by atoms with Gasteiger partial charge < -0.3 is 18.9 Å². The summed E-state index contributed by atoms with van der Waals surface area (Å²) in [6.45, 7) is 1.88. The Bertz CT molecular complexity index is 613. The molecule has 0 unspecified atom stereocenters. The van der Waals surface area contributed by atoms with Gasteiger partial charge in [0.15, 0.2) is 17.2 Å². The van der Waals surface area contributed by atoms with Gasteiger partial charge in [-0.25, -0.2) is 9.97 Å². The molecule has 2 aromatic rings. The third kappa shape index (κ3) is 1.89. The van der Waals surface area contributed by atoms with E-state index in [2.05, 4.69) is 9.97 Å². The predicted molar refractivity (Wildman–Crippen MR) is 70.5 cm³/mol. The van der Waals surface area contributed by atoms with Crippen LogP contribution in [0.1, 0.15) is 5.56 Å². The summed E-state index contributed by atoms with van der Waals surface area (Å²) in [5.41, 5.74) is 1.44. The van der Waals surface area contributed by atoms with Crippen molar-refractivity contribution in [2.75, 3.05) is 28.4 Å². The van der Waals surface area contributed by atoms with E-state index >= 15 is 0 Å². The summed E-state index contributed by atoms with van der Waals surface area (Å²) in [6.07, 6.45) is 1.43. The van der Waals surface area contributed by atoms with E-state index in [4.69, 9.17) is 18.9 Å². The number of hydrogen-bond acceptors (Lipinski definition) is 6. The van der Waals surface area contributed by atoms with E-state index in [-0.39, 0.29) is 0 Å². The lowest BCUT2D eigenvalue weighted by Gasteiger charge is -2.17. The SMILES string of the molecule is COc1c(C)c(OC)c2ncnc(OC)c2c1OC. The topological polar surface area (TPSA) is 62.7 Å². The molecule has 0 amide bonds. The maximum Gasteiger partial charge on any atom is 0.228 e. The summed E-state index contributed by atoms with van der Waals surface area (Å²) in [7, 11) is 6.27. The van der Waals surface area contributed by atoms with Gasteiger partial charge in [-0.05, 0) is 6.92 Å². The second-order valence-corrected chi connectivity index (χ2v) is 3.83. The number of methoxy groups -OCH3 is 4. The number of fused-ring (bicyclic) bond motifs is 1. The van der Waals surface area contributed by atoms with Crippen molar-refractivity contribution < 1.29 is 18.9 Å². The summed E-state index contributed by atoms with van der Waals surface area (Å²) in [4.78, 5) is 8.34. The van der Waals surface area contributed by atoms with Crippen molar-refractivity contribution in [2.45, 2.75) is 6.92 Å². The van der Waals surface area contributed by atoms with Crippen LogP contribution in [0.4, 0.5) is 0 Å². The van der Waals surface area contributed by atoms with E-state index in [1.165, 1.54) is 6.33 Å². The minimum Gasteiger partial charge on any atom is -0.494 e. The molecule has 6 heteroatoms. The highest BCUT2D eigenvalue weighted by Gasteiger charge is 2.23. The Hall–Kier alpha value is -2.24. The van der Waals surface area contributed by atoms with Crippen molar-refractivity contribution in [3.63, 3.8) is 0 Å². The first-order chi connectivity index (χ1) is 9.19. The Morgan fingerprint density at radius 3 is 1.95 bits per heavy atom. The average Bonchev–Trinajstić information content (AvgIpc) is 2.45. The number of aromatic nitrogens is 2. The Morgan fingerprint density at radius 1 is 0.789 bits per heavy atom. The number of benzene rings is 1. The minimum atomic E-state index is 0.415. The molecule has 19 heavy (non-hydrogen) atoms. The highest BCUT2D eigenvalue weighted by atomic mass is 16.5. The summed E-state index contributed by atoms with van der Waals surface area (Å²) < 4.78 is 21.5. The quantitative estimate of drug-likeness (QED) is 0.841. The van der Waals surface area contributed by atoms with Gasteiger partial charge in [-0.3, -0.25) is 0 Å². The minimum absolute atomic E-state index is 0.415. The predicted octanol–water partition coefficient (Wildman–Crippen LogP) is 1.97. The lowest BCUT2D eigenvalue weighted by molar-refractivity contribution is 0.347. The summed E-state index contributed by atoms with van der Waals surface area (Å²) >= 11 is 0. The van der Waals surface area contributed by atoms with Gasteiger partial charge in [-0.15, -0.1) is 0 Å². The molecule has 1 aromatic heterocycles. The summed E-state index contributed by atoms with van der Waals surface area (Å²) in [5, 5.41) is 0.631. The van der Waals surface area contributed by atoms with Gasteiger partial charge in [-0.1, -0.05) is 0 Å². The Labute approximate surface area is 111 Å². The Kier molecular flexibility index (Phi) is 3.59. The lowest BCUT2D eigenvalue weighted by atomic mass is 10.1. The molecule has 0 saturated heterocycles. The molecule has 0 spiro atoms. The number of nitrogens with zero attached hydrogens (tertiary/aromatic N) is 2. The highest BCUT2D eigenvalue weighted by molar-refractivity contribution is 5.97. The molecule has 6 nitrogen and oxygen atoms in total. The van der Waals surface area contributed by atoms with Crippen LogP contribution in [0.15, 0.2) is 6.33 Å². The molecular weight excluding hydrogens is 248 g/mol. The third-order valence-electron chi connectivity index (χ3n) is 2.95. The van der Waals surface area contributed by atoms with Crippen LogP contribution in [-0.2, 0) is 0 Å². The lowest BCUT2D eigenvalue weighted by Crippen LogP contribution is -2.01. The van der Waals surface area contributed by atoms with Crippen LogP contribution >= 0.6 is 0 Å². The zero-order chi connectivity index (χ0) is 14.0. The molecule has 0 aliphatic rings. The number of ether oxygens (including phenoxy) is 4. The second kappa shape index (κ2) is 5.17. The van der Waals surface area contributed by atoms with Gasteiger partial charge in [0.05, 0.1) is 28.4 Å². The molecule has 2 rings (SSSR count). The van der Waals surface area contributed by atoms with Crippen molar-refractivity contribution in [1.82, 2.24) is 9.97 Å². The summed E-state index contributed by atoms with van der Waals surface area (Å²) in [6, 6.07) is 0. The largest absolute Gasteiger partial charge is 0.494 e. The highest BCUT2D eigenvalue weighted by Crippen LogP contribution is 2.46. The first kappa shape index (κ1) is 13.2. The average molecular weight is 264 g/mol. The standard InChI is InChI=1S/C13H16N2O4/c1-7-10(16-2)9-8(12(18-4)11(7)17-3)13(19-5)15-6-14-9/h6H,1-5H3. The zero-order valence-corrected chi connectivity index (χ0v) is 11.6. The second-order valence-electron chi connectivity index (χ2n) is 3.83. The molecule has 0 bridgehead atoms. The molecule has 0 fully saturated rings. The van der Waals surface area contributed by atoms with Gasteiger partial charge in [0.2, 0.25) is 5.88 Å². The van der Waals surface area contributed by atoms with E-state index in [0.717, 1.165) is 5.56 Å². The van der Waals surface area contributed by atoms with Crippen LogP contribution in [0.3, 0.4) is 0 Å². The molecule has 0 saturated carbocycles. The molecule has 1 aromatic carbocycles. The molecule has 0 atom stereocenters. The van der Waals surface area contributed by atoms with Gasteiger partial charge in [-0.2, -0.15) is 0 Å². The van der Waals surface area contributed by atoms with Crippen molar-refractivity contribution in [2.24, 2.45) is 0 Å². The smallest absolute Gasteiger partial charge is 0.228 e. The zero-order valence-electron chi connectivity index (χ0n) is 11.6. The molecule has 0 aliphatic carbocycles. The maximum atomic E-state index is 5.43. The van der Waals surface area contributed by atoms with E-state index < -0.39 is 0 Å². The van der Waals surface area contributed by atoms with Crippen LogP contribution in [0, 0.1) is 6.92 Å². The molecular formula is C13H16N2O4. The fourth-order valence-corrected chi connectivity index (χ4v) is 2.16. The normalized spacial score (nSPS) is 10.4. The molecule has 0 radical (unpaired) electrons. The first-order valence-electron chi connectivity index (χ1n) is 5.66. The maximum absolute atomic E-state index is 5.43. The van der Waals surface area contributed by atoms with E-state index in [0.29, 0.717) is 34.0 Å². The fraction of sp³-hybridized carbons (Fsp3) is 0.385. The number of rotatable bonds is 4. The molecule has 1 heterocycles. The van der Waals surface area contributed by atoms with E-state index in [1.807, 2.05) is 6.92 Å². The van der Waals surface area contributed by atoms with Crippen molar-refractivity contribution in [1.29, 1.82) is 0 Å². The monoisotopic (exact) mass is 264 g/mol. The van der Waals surface area contributed by atoms with Gasteiger partial charge in [0.1, 0.15) is 17.2 Å². The van der Waals surface area contributed by atoms with Gasteiger partial charge in [0, 0.05) is 5.56 Å². The first-order valence-corrected chi connectivity index (χ1v) is 5.66. The molecule has 0 aliphatic heterocycles. The third-order valence-corrected chi connectivity index (χ3v) is 2.95. The van der Waals surface area contributed by atoms with Gasteiger partial charge >= 0.3 is 0 Å². The fourth-order valence-electron chi connectivity index (χ4n) is 2.16. The summed E-state index contributed by atoms with van der Waals surface area (Å²) in [5.74, 6) is 2.15. The van der Waals surface area contributed by atoms with Crippen LogP contribution in [-0.4, -0.2) is 38.4 Å². The van der Waals surface area contributed by atoms with Gasteiger partial charge in [0.25, 0.3) is 0 Å². The van der Waals surface area contributed by atoms with Crippen molar-refractivity contribution in [3.8, 4) is 23.1 Å². The van der Waals surface area contributed by atoms with Crippen LogP contribution < -0.4 is 18.9 Å². The van der Waals surface area contributed by atoms with Crippen molar-refractivity contribution in [3.05, 3.63) is 11.9 Å². The Balaban J connectivity index is 3.01. The molecule has 102 valence electrons. The van der Waals surface area contributed by atoms with Crippen LogP contribution in [0.5, 0.6) is 23.1 Å². The van der Waals surface area contributed by atoms with Crippen LogP contribution in [0.2, 0.25) is 0 Å². The number of hydrogen-bond donors (Lipinski definition) is 0. The Morgan fingerprint density at radius 2 is 1.42 bits per heavy atom. The van der Waals surface area contributed by atoms with Crippen LogP contribution in [0.25, 0.3) is 10.9 Å². The molecule has 0 N–H and O–H groups in total. The van der Waals surface area contributed by atoms with E-state index in [1.54, 1.807) is 28.4 Å². The van der Waals surface area contributed by atoms with Crippen molar-refractivity contribution >= 4 is 10.9 Å².